The lowest BCUT2D eigenvalue weighted by atomic mass is 9.73. The van der Waals surface area contributed by atoms with Gasteiger partial charge >= 0.3 is 0 Å². The number of halogens is 1. The van der Waals surface area contributed by atoms with E-state index < -0.39 is 0 Å². The molecule has 0 atom stereocenters. The highest BCUT2D eigenvalue weighted by atomic mass is 79.9. The summed E-state index contributed by atoms with van der Waals surface area (Å²) in [5, 5.41) is 0. The van der Waals surface area contributed by atoms with Crippen molar-refractivity contribution < 1.29 is 0 Å². The first-order chi connectivity index (χ1) is 13.2. The Kier molecular flexibility index (Phi) is 5.27. The van der Waals surface area contributed by atoms with Crippen LogP contribution in [0.5, 0.6) is 0 Å². The van der Waals surface area contributed by atoms with Crippen molar-refractivity contribution in [1.82, 2.24) is 0 Å². The second kappa shape index (κ2) is 7.98. The van der Waals surface area contributed by atoms with Gasteiger partial charge in [-0.3, -0.25) is 0 Å². The monoisotopic (exact) mass is 410 g/mol. The third-order valence-corrected chi connectivity index (χ3v) is 5.50. The molecule has 0 aromatic heterocycles. The highest BCUT2D eigenvalue weighted by Gasteiger charge is 2.03. The zero-order valence-electron chi connectivity index (χ0n) is 15.3. The normalized spacial score (nSPS) is 10.6. The van der Waals surface area contributed by atoms with Gasteiger partial charge < -0.3 is 0 Å². The molecule has 4 aromatic carbocycles. The molecule has 0 aliphatic carbocycles. The van der Waals surface area contributed by atoms with Crippen molar-refractivity contribution in [3.8, 4) is 33.4 Å². The molecule has 0 heterocycles. The van der Waals surface area contributed by atoms with Gasteiger partial charge in [0.25, 0.3) is 0 Å². The van der Waals surface area contributed by atoms with E-state index in [2.05, 4.69) is 120 Å². The van der Waals surface area contributed by atoms with E-state index in [0.717, 1.165) is 11.8 Å². The zero-order chi connectivity index (χ0) is 18.6. The molecule has 0 fully saturated rings. The Balaban J connectivity index is 1.55. The summed E-state index contributed by atoms with van der Waals surface area (Å²) >= 11 is 3.49. The minimum Gasteiger partial charge on any atom is -0.0849 e. The van der Waals surface area contributed by atoms with Crippen LogP contribution in [0.1, 0.15) is 0 Å². The fourth-order valence-electron chi connectivity index (χ4n) is 3.29. The second-order valence-corrected chi connectivity index (χ2v) is 7.63. The fourth-order valence-corrected chi connectivity index (χ4v) is 3.55. The quantitative estimate of drug-likeness (QED) is 0.334. The van der Waals surface area contributed by atoms with E-state index in [1.807, 2.05) is 0 Å². The van der Waals surface area contributed by atoms with Crippen LogP contribution in [0.4, 0.5) is 0 Å². The molecule has 2 heteroatoms. The highest BCUT2D eigenvalue weighted by molar-refractivity contribution is 9.10. The number of benzene rings is 4. The largest absolute Gasteiger partial charge is 0.154 e. The lowest BCUT2D eigenvalue weighted by molar-refractivity contribution is 1.57. The topological polar surface area (TPSA) is 0 Å². The Hall–Kier alpha value is -2.58. The molecular formula is C25H20BBr. The average molecular weight is 411 g/mol. The van der Waals surface area contributed by atoms with Gasteiger partial charge in [0.2, 0.25) is 0 Å². The predicted molar refractivity (Wildman–Crippen MR) is 123 cm³/mol. The summed E-state index contributed by atoms with van der Waals surface area (Å²) in [5.41, 5.74) is 8.85. The average Bonchev–Trinajstić information content (AvgIpc) is 2.75. The molecule has 130 valence electrons. The van der Waals surface area contributed by atoms with E-state index in [4.69, 9.17) is 0 Å². The van der Waals surface area contributed by atoms with Crippen molar-refractivity contribution in [1.29, 1.82) is 0 Å². The van der Waals surface area contributed by atoms with Crippen LogP contribution >= 0.6 is 15.9 Å². The van der Waals surface area contributed by atoms with Crippen LogP contribution < -0.4 is 5.46 Å². The summed E-state index contributed by atoms with van der Waals surface area (Å²) in [6.07, 6.45) is 0. The molecule has 0 bridgehead atoms. The maximum absolute atomic E-state index is 3.49. The maximum atomic E-state index is 3.49. The van der Waals surface area contributed by atoms with Crippen molar-refractivity contribution in [2.75, 3.05) is 0 Å². The highest BCUT2D eigenvalue weighted by Crippen LogP contribution is 2.28. The van der Waals surface area contributed by atoms with Crippen molar-refractivity contribution in [3.63, 3.8) is 0 Å². The van der Waals surface area contributed by atoms with Gasteiger partial charge in [-0.15, -0.1) is 0 Å². The first-order valence-electron chi connectivity index (χ1n) is 9.29. The van der Waals surface area contributed by atoms with Crippen molar-refractivity contribution in [2.24, 2.45) is 0 Å². The van der Waals surface area contributed by atoms with Crippen LogP contribution in [0.3, 0.4) is 0 Å². The van der Waals surface area contributed by atoms with Gasteiger partial charge in [0, 0.05) is 4.47 Å². The van der Waals surface area contributed by atoms with Gasteiger partial charge in [0.1, 0.15) is 0 Å². The van der Waals surface area contributed by atoms with Crippen LogP contribution in [0.2, 0.25) is 6.82 Å². The minimum atomic E-state index is 1.08. The summed E-state index contributed by atoms with van der Waals surface area (Å²) in [6, 6.07) is 34.9. The van der Waals surface area contributed by atoms with Crippen LogP contribution in [-0.2, 0) is 0 Å². The maximum Gasteiger partial charge on any atom is 0.154 e. The standard InChI is InChI=1S/C25H20BBr/c1-26-24-14-10-22(11-15-24)20-6-2-18(3-7-20)19-4-8-21(9-5-19)23-12-16-25(27)17-13-23/h2-17,26H,1H3. The molecule has 0 amide bonds. The van der Waals surface area contributed by atoms with Crippen molar-refractivity contribution >= 4 is 28.7 Å². The molecule has 4 rings (SSSR count). The molecule has 0 saturated carbocycles. The summed E-state index contributed by atoms with van der Waals surface area (Å²) in [4.78, 5) is 0. The molecule has 0 unspecified atom stereocenters. The Morgan fingerprint density at radius 2 is 0.704 bits per heavy atom. The van der Waals surface area contributed by atoms with Crippen LogP contribution in [0.15, 0.2) is 102 Å². The number of hydrogen-bond acceptors (Lipinski definition) is 0. The molecule has 0 nitrogen and oxygen atoms in total. The van der Waals surface area contributed by atoms with E-state index in [0.29, 0.717) is 0 Å². The van der Waals surface area contributed by atoms with E-state index in [-0.39, 0.29) is 0 Å². The van der Waals surface area contributed by atoms with Crippen molar-refractivity contribution in [3.05, 3.63) is 102 Å². The van der Waals surface area contributed by atoms with E-state index in [1.165, 1.54) is 38.8 Å². The van der Waals surface area contributed by atoms with Gasteiger partial charge in [0.15, 0.2) is 7.28 Å². The van der Waals surface area contributed by atoms with Crippen LogP contribution in [0, 0.1) is 0 Å². The van der Waals surface area contributed by atoms with Crippen LogP contribution in [-0.4, -0.2) is 7.28 Å². The molecule has 27 heavy (non-hydrogen) atoms. The lowest BCUT2D eigenvalue weighted by Crippen LogP contribution is -2.08. The first-order valence-corrected chi connectivity index (χ1v) is 10.1. The van der Waals surface area contributed by atoms with Gasteiger partial charge in [-0.05, 0) is 45.5 Å². The molecule has 0 saturated heterocycles. The smallest absolute Gasteiger partial charge is 0.0849 e. The van der Waals surface area contributed by atoms with E-state index in [1.54, 1.807) is 0 Å². The summed E-state index contributed by atoms with van der Waals surface area (Å²) in [6.45, 7) is 2.19. The van der Waals surface area contributed by atoms with Gasteiger partial charge in [-0.25, -0.2) is 0 Å². The molecule has 0 aliphatic heterocycles. The molecule has 0 spiro atoms. The number of rotatable bonds is 4. The predicted octanol–water partition coefficient (Wildman–Crippen LogP) is 6.56. The molecule has 0 aliphatic rings. The van der Waals surface area contributed by atoms with Crippen LogP contribution in [0.25, 0.3) is 33.4 Å². The van der Waals surface area contributed by atoms with Gasteiger partial charge in [-0.1, -0.05) is 113 Å². The first kappa shape index (κ1) is 17.8. The van der Waals surface area contributed by atoms with E-state index >= 15 is 0 Å². The van der Waals surface area contributed by atoms with Gasteiger partial charge in [0.05, 0.1) is 0 Å². The van der Waals surface area contributed by atoms with Gasteiger partial charge in [-0.2, -0.15) is 0 Å². The van der Waals surface area contributed by atoms with E-state index in [9.17, 15) is 0 Å². The third kappa shape index (κ3) is 4.07. The van der Waals surface area contributed by atoms with Crippen molar-refractivity contribution in [2.45, 2.75) is 6.82 Å². The Morgan fingerprint density at radius 3 is 1.00 bits per heavy atom. The SMILES string of the molecule is CBc1ccc(-c2ccc(-c3ccc(-c4ccc(Br)cc4)cc3)cc2)cc1. The molecule has 4 aromatic rings. The Bertz CT molecular complexity index is 1020. The number of hydrogen-bond donors (Lipinski definition) is 0. The second-order valence-electron chi connectivity index (χ2n) is 6.71. The molecular weight excluding hydrogens is 391 g/mol. The third-order valence-electron chi connectivity index (χ3n) is 4.98. The fraction of sp³-hybridized carbons (Fsp3) is 0.0400. The summed E-state index contributed by atoms with van der Waals surface area (Å²) in [7, 11) is 1.08. The lowest BCUT2D eigenvalue weighted by Gasteiger charge is -2.07. The molecule has 0 radical (unpaired) electrons. The Morgan fingerprint density at radius 1 is 0.444 bits per heavy atom. The zero-order valence-corrected chi connectivity index (χ0v) is 16.9. The summed E-state index contributed by atoms with van der Waals surface area (Å²) in [5.74, 6) is 0. The Labute approximate surface area is 170 Å². The summed E-state index contributed by atoms with van der Waals surface area (Å²) < 4.78 is 1.10. The minimum absolute atomic E-state index is 1.08. The molecule has 0 N–H and O–H groups in total.